The fraction of sp³-hybridized carbons (Fsp3) is 0.167. The van der Waals surface area contributed by atoms with Crippen LogP contribution in [0.4, 0.5) is 0 Å². The molecule has 31 heavy (non-hydrogen) atoms. The van der Waals surface area contributed by atoms with Gasteiger partial charge in [-0.05, 0) is 23.3 Å². The zero-order valence-electron chi connectivity index (χ0n) is 17.2. The van der Waals surface area contributed by atoms with Crippen LogP contribution in [0.1, 0.15) is 24.0 Å². The van der Waals surface area contributed by atoms with Gasteiger partial charge in [-0.25, -0.2) is 10.9 Å². The zero-order valence-corrected chi connectivity index (χ0v) is 18.0. The lowest BCUT2D eigenvalue weighted by atomic mass is 10.2. The van der Waals surface area contributed by atoms with Crippen LogP contribution in [0.3, 0.4) is 0 Å². The van der Waals surface area contributed by atoms with Crippen LogP contribution < -0.4 is 10.9 Å². The summed E-state index contributed by atoms with van der Waals surface area (Å²) in [4.78, 5) is 23.4. The van der Waals surface area contributed by atoms with Crippen molar-refractivity contribution < 1.29 is 9.59 Å². The second kappa shape index (κ2) is 15.4. The Balaban J connectivity index is 1.48. The summed E-state index contributed by atoms with van der Waals surface area (Å²) in [7, 11) is 0. The fourth-order valence-electron chi connectivity index (χ4n) is 2.28. The van der Waals surface area contributed by atoms with Crippen molar-refractivity contribution in [2.45, 2.75) is 12.8 Å². The van der Waals surface area contributed by atoms with Crippen LogP contribution >= 0.6 is 11.8 Å². The minimum absolute atomic E-state index is 0.156. The van der Waals surface area contributed by atoms with Crippen LogP contribution in [0.5, 0.6) is 0 Å². The molecule has 0 aromatic heterocycles. The monoisotopic (exact) mass is 434 g/mol. The van der Waals surface area contributed by atoms with Gasteiger partial charge in [-0.2, -0.15) is 22.0 Å². The molecule has 0 aliphatic carbocycles. The molecule has 0 unspecified atom stereocenters. The molecule has 2 N–H and O–H groups in total. The maximum atomic E-state index is 11.7. The van der Waals surface area contributed by atoms with Crippen LogP contribution in [0.15, 0.2) is 83.0 Å². The van der Waals surface area contributed by atoms with Gasteiger partial charge < -0.3 is 0 Å². The highest BCUT2D eigenvalue weighted by Crippen LogP contribution is 2.04. The SMILES string of the molecule is O=C(CCSCCC(=O)N/N=C/C=C/c1ccccc1)N/N=C/C=C/c1ccccc1. The van der Waals surface area contributed by atoms with Crippen molar-refractivity contribution >= 4 is 48.2 Å². The van der Waals surface area contributed by atoms with Crippen LogP contribution in [-0.2, 0) is 9.59 Å². The van der Waals surface area contributed by atoms with Crippen molar-refractivity contribution in [1.29, 1.82) is 0 Å². The second-order valence-electron chi connectivity index (χ2n) is 6.28. The van der Waals surface area contributed by atoms with Crippen LogP contribution in [0, 0.1) is 0 Å². The van der Waals surface area contributed by atoms with E-state index in [1.54, 1.807) is 12.2 Å². The third kappa shape index (κ3) is 12.0. The molecular weight excluding hydrogens is 408 g/mol. The number of carbonyl (C=O) groups excluding carboxylic acids is 2. The largest absolute Gasteiger partial charge is 0.273 e. The molecule has 0 saturated carbocycles. The van der Waals surface area contributed by atoms with E-state index < -0.39 is 0 Å². The Hall–Kier alpha value is -3.45. The lowest BCUT2D eigenvalue weighted by Gasteiger charge is -2.01. The first-order chi connectivity index (χ1) is 15.2. The number of rotatable bonds is 12. The molecule has 2 amide bonds. The molecule has 0 heterocycles. The van der Waals surface area contributed by atoms with Crippen molar-refractivity contribution in [3.8, 4) is 0 Å². The van der Waals surface area contributed by atoms with Crippen molar-refractivity contribution in [3.05, 3.63) is 83.9 Å². The predicted octanol–water partition coefficient (Wildman–Crippen LogP) is 4.13. The van der Waals surface area contributed by atoms with Crippen molar-refractivity contribution in [3.63, 3.8) is 0 Å². The number of nitrogens with one attached hydrogen (secondary N) is 2. The van der Waals surface area contributed by atoms with Gasteiger partial charge in [0.25, 0.3) is 0 Å². The minimum Gasteiger partial charge on any atom is -0.273 e. The number of hydrazone groups is 2. The van der Waals surface area contributed by atoms with Gasteiger partial charge in [0.15, 0.2) is 0 Å². The van der Waals surface area contributed by atoms with E-state index in [4.69, 9.17) is 0 Å². The number of hydrogen-bond acceptors (Lipinski definition) is 5. The molecular formula is C24H26N4O2S. The summed E-state index contributed by atoms with van der Waals surface area (Å²) >= 11 is 1.54. The molecule has 7 heteroatoms. The van der Waals surface area contributed by atoms with E-state index >= 15 is 0 Å². The van der Waals surface area contributed by atoms with E-state index in [-0.39, 0.29) is 11.8 Å². The van der Waals surface area contributed by atoms with E-state index in [2.05, 4.69) is 21.1 Å². The lowest BCUT2D eigenvalue weighted by molar-refractivity contribution is -0.121. The molecule has 0 fully saturated rings. The van der Waals surface area contributed by atoms with Gasteiger partial charge in [-0.3, -0.25) is 9.59 Å². The molecule has 0 aliphatic rings. The summed E-state index contributed by atoms with van der Waals surface area (Å²) in [6, 6.07) is 19.7. The van der Waals surface area contributed by atoms with E-state index in [9.17, 15) is 9.59 Å². The Kier molecular flexibility index (Phi) is 11.8. The first kappa shape index (κ1) is 23.8. The number of thioether (sulfide) groups is 1. The molecule has 6 nitrogen and oxygen atoms in total. The van der Waals surface area contributed by atoms with E-state index in [0.717, 1.165) is 11.1 Å². The average molecular weight is 435 g/mol. The number of amides is 2. The molecule has 0 aliphatic heterocycles. The lowest BCUT2D eigenvalue weighted by Crippen LogP contribution is -2.19. The van der Waals surface area contributed by atoms with Crippen LogP contribution in [-0.4, -0.2) is 35.7 Å². The molecule has 0 bridgehead atoms. The Morgan fingerprint density at radius 3 is 1.55 bits per heavy atom. The third-order valence-corrected chi connectivity index (χ3v) is 4.81. The van der Waals surface area contributed by atoms with Gasteiger partial charge in [0.1, 0.15) is 0 Å². The summed E-state index contributed by atoms with van der Waals surface area (Å²) in [6.45, 7) is 0. The Labute approximate surface area is 187 Å². The average Bonchev–Trinajstić information content (AvgIpc) is 2.80. The summed E-state index contributed by atoms with van der Waals surface area (Å²) < 4.78 is 0. The van der Waals surface area contributed by atoms with Crippen molar-refractivity contribution in [1.82, 2.24) is 10.9 Å². The van der Waals surface area contributed by atoms with Gasteiger partial charge in [0, 0.05) is 36.8 Å². The normalized spacial score (nSPS) is 11.6. The summed E-state index contributed by atoms with van der Waals surface area (Å²) in [5.41, 5.74) is 7.09. The highest BCUT2D eigenvalue weighted by Gasteiger charge is 2.02. The minimum atomic E-state index is -0.156. The van der Waals surface area contributed by atoms with Gasteiger partial charge >= 0.3 is 0 Å². The quantitative estimate of drug-likeness (QED) is 0.299. The van der Waals surface area contributed by atoms with E-state index in [0.29, 0.717) is 24.3 Å². The van der Waals surface area contributed by atoms with Gasteiger partial charge in [0.2, 0.25) is 11.8 Å². The van der Waals surface area contributed by atoms with Crippen LogP contribution in [0.2, 0.25) is 0 Å². The molecule has 160 valence electrons. The second-order valence-corrected chi connectivity index (χ2v) is 7.50. The first-order valence-electron chi connectivity index (χ1n) is 9.89. The van der Waals surface area contributed by atoms with Crippen LogP contribution in [0.25, 0.3) is 12.2 Å². The van der Waals surface area contributed by atoms with Crippen molar-refractivity contribution in [2.24, 2.45) is 10.2 Å². The zero-order chi connectivity index (χ0) is 22.0. The molecule has 0 radical (unpaired) electrons. The summed E-state index contributed by atoms with van der Waals surface area (Å²) in [6.07, 6.45) is 11.1. The molecule has 0 saturated heterocycles. The highest BCUT2D eigenvalue weighted by molar-refractivity contribution is 7.99. The van der Waals surface area contributed by atoms with Gasteiger partial charge in [-0.1, -0.05) is 72.8 Å². The highest BCUT2D eigenvalue weighted by atomic mass is 32.2. The molecule has 2 rings (SSSR count). The first-order valence-corrected chi connectivity index (χ1v) is 11.0. The molecule has 0 atom stereocenters. The van der Waals surface area contributed by atoms with Gasteiger partial charge in [0.05, 0.1) is 0 Å². The maximum Gasteiger partial charge on any atom is 0.240 e. The van der Waals surface area contributed by atoms with Crippen molar-refractivity contribution in [2.75, 3.05) is 11.5 Å². The number of nitrogens with zero attached hydrogens (tertiary/aromatic N) is 2. The van der Waals surface area contributed by atoms with E-state index in [1.807, 2.05) is 72.8 Å². The topological polar surface area (TPSA) is 82.9 Å². The van der Waals surface area contributed by atoms with E-state index in [1.165, 1.54) is 24.2 Å². The Bertz CT molecular complexity index is 834. The standard InChI is InChI=1S/C24H26N4O2S/c29-23(27-25-17-7-13-21-9-3-1-4-10-21)15-19-31-20-16-24(30)28-26-18-8-14-22-11-5-2-6-12-22/h1-14,17-18H,15-16,19-20H2,(H,27,29)(H,28,30)/b13-7+,14-8+,25-17+,26-18+. The number of allylic oxidation sites excluding steroid dienone is 2. The summed E-state index contributed by atoms with van der Waals surface area (Å²) in [5.74, 6) is 0.932. The number of hydrogen-bond donors (Lipinski definition) is 2. The third-order valence-electron chi connectivity index (χ3n) is 3.82. The predicted molar refractivity (Wildman–Crippen MR) is 131 cm³/mol. The summed E-state index contributed by atoms with van der Waals surface area (Å²) in [5, 5.41) is 7.75. The number of benzene rings is 2. The molecule has 0 spiro atoms. The fourth-order valence-corrected chi connectivity index (χ4v) is 3.15. The molecule has 2 aromatic carbocycles. The molecule has 2 aromatic rings. The smallest absolute Gasteiger partial charge is 0.240 e. The Morgan fingerprint density at radius 1 is 0.710 bits per heavy atom. The Morgan fingerprint density at radius 2 is 1.13 bits per heavy atom. The van der Waals surface area contributed by atoms with Gasteiger partial charge in [-0.15, -0.1) is 0 Å². The maximum absolute atomic E-state index is 11.7. The number of carbonyl (C=O) groups is 2.